The Balaban J connectivity index is 1.47. The van der Waals surface area contributed by atoms with Gasteiger partial charge in [-0.2, -0.15) is 0 Å². The number of alkyl halides is 1. The average Bonchev–Trinajstić information content (AvgIpc) is 3.14. The summed E-state index contributed by atoms with van der Waals surface area (Å²) in [5.74, 6) is 1.64. The highest BCUT2D eigenvalue weighted by atomic mass is 32.2. The predicted molar refractivity (Wildman–Crippen MR) is 126 cm³/mol. The maximum atomic E-state index is 14.3. The second-order valence-corrected chi connectivity index (χ2v) is 9.45. The molecule has 1 fully saturated rings. The molecule has 2 aliphatic heterocycles. The van der Waals surface area contributed by atoms with E-state index in [0.29, 0.717) is 12.8 Å². The average molecular weight is 425 g/mol. The number of nitrogens with one attached hydrogen (secondary N) is 1. The molecule has 0 spiro atoms. The monoisotopic (exact) mass is 424 g/mol. The first-order valence-corrected chi connectivity index (χ1v) is 11.5. The van der Waals surface area contributed by atoms with Gasteiger partial charge in [0.25, 0.3) is 0 Å². The van der Waals surface area contributed by atoms with Crippen LogP contribution in [-0.4, -0.2) is 40.3 Å². The van der Waals surface area contributed by atoms with Gasteiger partial charge in [0.05, 0.1) is 5.69 Å². The second-order valence-electron chi connectivity index (χ2n) is 8.49. The highest BCUT2D eigenvalue weighted by Gasteiger charge is 2.34. The minimum Gasteiger partial charge on any atom is -0.356 e. The molecule has 1 aromatic carbocycles. The number of nitrogens with zero attached hydrogens (tertiary/aromatic N) is 3. The number of rotatable bonds is 5. The molecule has 1 aromatic rings. The Kier molecular flexibility index (Phi) is 5.87. The Labute approximate surface area is 182 Å². The van der Waals surface area contributed by atoms with Gasteiger partial charge in [0.15, 0.2) is 5.17 Å². The molecule has 0 unspecified atom stereocenters. The van der Waals surface area contributed by atoms with Gasteiger partial charge in [-0.05, 0) is 44.2 Å². The van der Waals surface area contributed by atoms with E-state index in [-0.39, 0.29) is 6.04 Å². The van der Waals surface area contributed by atoms with Gasteiger partial charge in [0, 0.05) is 42.2 Å². The van der Waals surface area contributed by atoms with Gasteiger partial charge in [-0.1, -0.05) is 49.2 Å². The number of benzene rings is 1. The predicted octanol–water partition coefficient (Wildman–Crippen LogP) is 5.52. The quantitative estimate of drug-likeness (QED) is 0.676. The van der Waals surface area contributed by atoms with Gasteiger partial charge in [-0.3, -0.25) is 4.99 Å². The number of para-hydroxylation sites is 1. The standard InChI is InChI=1S/C24H29FN4S/c1-5-20-16(2)26-23(30-15-18-14-17-8-6-7-9-21(17)27-18)28-22(20)29(4)19-10-12-24(3,25)13-11-19/h5-9,19H,1-2,10-15H2,3-4H3,(H,26,28). The normalized spacial score (nSPS) is 26.0. The fourth-order valence-electron chi connectivity index (χ4n) is 4.27. The van der Waals surface area contributed by atoms with E-state index in [1.54, 1.807) is 24.8 Å². The van der Waals surface area contributed by atoms with Crippen LogP contribution < -0.4 is 5.32 Å². The van der Waals surface area contributed by atoms with E-state index < -0.39 is 5.67 Å². The highest BCUT2D eigenvalue weighted by Crippen LogP contribution is 2.36. The van der Waals surface area contributed by atoms with Crippen molar-refractivity contribution in [2.75, 3.05) is 12.8 Å². The maximum absolute atomic E-state index is 14.3. The van der Waals surface area contributed by atoms with Crippen LogP contribution in [-0.2, 0) is 6.42 Å². The molecule has 30 heavy (non-hydrogen) atoms. The molecule has 0 bridgehead atoms. The van der Waals surface area contributed by atoms with E-state index >= 15 is 0 Å². The van der Waals surface area contributed by atoms with Crippen molar-refractivity contribution in [2.24, 2.45) is 9.98 Å². The van der Waals surface area contributed by atoms with Crippen LogP contribution in [0.1, 0.15) is 38.2 Å². The minimum absolute atomic E-state index is 0.272. The highest BCUT2D eigenvalue weighted by molar-refractivity contribution is 8.14. The molecular formula is C24H29FN4S. The van der Waals surface area contributed by atoms with E-state index in [4.69, 9.17) is 9.98 Å². The van der Waals surface area contributed by atoms with Crippen LogP contribution in [0.2, 0.25) is 0 Å². The summed E-state index contributed by atoms with van der Waals surface area (Å²) in [5.41, 5.74) is 4.16. The summed E-state index contributed by atoms with van der Waals surface area (Å²) in [5, 5.41) is 4.13. The zero-order valence-electron chi connectivity index (χ0n) is 17.7. The number of hydrogen-bond acceptors (Lipinski definition) is 5. The third kappa shape index (κ3) is 4.38. The molecule has 4 nitrogen and oxygen atoms in total. The molecule has 0 saturated heterocycles. The van der Waals surface area contributed by atoms with Crippen LogP contribution in [0, 0.1) is 0 Å². The molecule has 0 atom stereocenters. The Morgan fingerprint density at radius 1 is 1.30 bits per heavy atom. The van der Waals surface area contributed by atoms with Crippen molar-refractivity contribution >= 4 is 28.3 Å². The van der Waals surface area contributed by atoms with Crippen LogP contribution >= 0.6 is 11.8 Å². The zero-order chi connectivity index (χ0) is 21.3. The number of hydrogen-bond donors (Lipinski definition) is 1. The number of amidine groups is 1. The van der Waals surface area contributed by atoms with Crippen LogP contribution in [0.25, 0.3) is 0 Å². The van der Waals surface area contributed by atoms with Crippen LogP contribution in [0.5, 0.6) is 0 Å². The summed E-state index contributed by atoms with van der Waals surface area (Å²) >= 11 is 1.64. The van der Waals surface area contributed by atoms with E-state index in [9.17, 15) is 4.39 Å². The number of halogens is 1. The van der Waals surface area contributed by atoms with Crippen LogP contribution in [0.15, 0.2) is 70.6 Å². The molecule has 3 aliphatic rings. The zero-order valence-corrected chi connectivity index (χ0v) is 18.6. The molecule has 0 amide bonds. The molecule has 1 aliphatic carbocycles. The maximum Gasteiger partial charge on any atom is 0.168 e. The fourth-order valence-corrected chi connectivity index (χ4v) is 5.08. The lowest BCUT2D eigenvalue weighted by Crippen LogP contribution is -2.40. The Morgan fingerprint density at radius 2 is 2.03 bits per heavy atom. The van der Waals surface area contributed by atoms with E-state index in [2.05, 4.69) is 41.6 Å². The summed E-state index contributed by atoms with van der Waals surface area (Å²) in [6.45, 7) is 9.84. The first-order valence-electron chi connectivity index (χ1n) is 10.5. The SMILES string of the molecule is C=CC1=C(N(C)C2CCC(C)(F)CC2)N=C(SCC2=Nc3ccccc3C2)NC1=C. The number of allylic oxidation sites excluding steroid dienone is 1. The smallest absolute Gasteiger partial charge is 0.168 e. The summed E-state index contributed by atoms with van der Waals surface area (Å²) in [6.07, 6.45) is 5.51. The van der Waals surface area contributed by atoms with E-state index in [0.717, 1.165) is 58.7 Å². The third-order valence-electron chi connectivity index (χ3n) is 6.16. The molecular weight excluding hydrogens is 395 g/mol. The van der Waals surface area contributed by atoms with Crippen molar-refractivity contribution in [3.8, 4) is 0 Å². The van der Waals surface area contributed by atoms with Crippen molar-refractivity contribution in [2.45, 2.75) is 50.7 Å². The third-order valence-corrected chi connectivity index (χ3v) is 7.10. The van der Waals surface area contributed by atoms with Crippen molar-refractivity contribution in [1.82, 2.24) is 10.2 Å². The Bertz CT molecular complexity index is 950. The Hall–Kier alpha value is -2.34. The number of thioether (sulfide) groups is 1. The van der Waals surface area contributed by atoms with Crippen molar-refractivity contribution in [1.29, 1.82) is 0 Å². The fraction of sp³-hybridized carbons (Fsp3) is 0.417. The number of aliphatic imine (C=N–C) groups is 2. The molecule has 1 N–H and O–H groups in total. The van der Waals surface area contributed by atoms with Crippen LogP contribution in [0.3, 0.4) is 0 Å². The largest absolute Gasteiger partial charge is 0.356 e. The summed E-state index contributed by atoms with van der Waals surface area (Å²) in [4.78, 5) is 11.8. The molecule has 1 saturated carbocycles. The summed E-state index contributed by atoms with van der Waals surface area (Å²) in [7, 11) is 2.05. The number of fused-ring (bicyclic) bond motifs is 1. The van der Waals surface area contributed by atoms with Gasteiger partial charge < -0.3 is 10.2 Å². The first-order chi connectivity index (χ1) is 14.4. The first kappa shape index (κ1) is 20.9. The minimum atomic E-state index is -1.05. The van der Waals surface area contributed by atoms with Gasteiger partial charge >= 0.3 is 0 Å². The van der Waals surface area contributed by atoms with Gasteiger partial charge in [0.1, 0.15) is 11.5 Å². The van der Waals surface area contributed by atoms with Gasteiger partial charge in [0.2, 0.25) is 0 Å². The van der Waals surface area contributed by atoms with Crippen LogP contribution in [0.4, 0.5) is 10.1 Å². The summed E-state index contributed by atoms with van der Waals surface area (Å²) in [6, 6.07) is 8.54. The lowest BCUT2D eigenvalue weighted by Gasteiger charge is -2.39. The van der Waals surface area contributed by atoms with Crippen molar-refractivity contribution in [3.63, 3.8) is 0 Å². The lowest BCUT2D eigenvalue weighted by atomic mass is 9.84. The molecule has 0 aromatic heterocycles. The molecule has 4 rings (SSSR count). The molecule has 2 heterocycles. The van der Waals surface area contributed by atoms with Gasteiger partial charge in [-0.15, -0.1) is 0 Å². The topological polar surface area (TPSA) is 40.0 Å². The van der Waals surface area contributed by atoms with E-state index in [1.807, 2.05) is 13.1 Å². The Morgan fingerprint density at radius 3 is 2.73 bits per heavy atom. The van der Waals surface area contributed by atoms with E-state index in [1.165, 1.54) is 5.56 Å². The second kappa shape index (κ2) is 8.42. The van der Waals surface area contributed by atoms with Crippen molar-refractivity contribution in [3.05, 3.63) is 66.2 Å². The molecule has 158 valence electrons. The van der Waals surface area contributed by atoms with Crippen molar-refractivity contribution < 1.29 is 4.39 Å². The molecule has 0 radical (unpaired) electrons. The molecule has 6 heteroatoms. The summed E-state index contributed by atoms with van der Waals surface area (Å²) < 4.78 is 14.3. The van der Waals surface area contributed by atoms with Gasteiger partial charge in [-0.25, -0.2) is 9.38 Å². The lowest BCUT2D eigenvalue weighted by molar-refractivity contribution is 0.0869.